The van der Waals surface area contributed by atoms with Crippen molar-refractivity contribution in [2.75, 3.05) is 13.2 Å². The molecular formula is C21H28O5. The molecule has 5 nitrogen and oxygen atoms in total. The van der Waals surface area contributed by atoms with Crippen molar-refractivity contribution in [3.8, 4) is 0 Å². The molecule has 0 N–H and O–H groups in total. The van der Waals surface area contributed by atoms with Crippen LogP contribution in [0.15, 0.2) is 11.1 Å². The van der Waals surface area contributed by atoms with E-state index >= 15 is 0 Å². The third-order valence-corrected chi connectivity index (χ3v) is 8.34. The topological polar surface area (TPSA) is 65.1 Å². The second-order valence-corrected chi connectivity index (χ2v) is 9.60. The van der Waals surface area contributed by atoms with Crippen molar-refractivity contribution in [2.45, 2.75) is 70.7 Å². The fourth-order valence-electron chi connectivity index (χ4n) is 6.51. The second-order valence-electron chi connectivity index (χ2n) is 9.60. The smallest absolute Gasteiger partial charge is 0.334 e. The molecule has 2 unspecified atom stereocenters. The summed E-state index contributed by atoms with van der Waals surface area (Å²) in [7, 11) is 0. The number of hydrogen-bond acceptors (Lipinski definition) is 5. The Kier molecular flexibility index (Phi) is 3.25. The molecule has 0 aromatic carbocycles. The molecule has 2 aliphatic carbocycles. The van der Waals surface area contributed by atoms with Gasteiger partial charge >= 0.3 is 5.97 Å². The van der Waals surface area contributed by atoms with Gasteiger partial charge < -0.3 is 14.2 Å². The molecule has 0 amide bonds. The van der Waals surface area contributed by atoms with E-state index < -0.39 is 11.2 Å². The van der Waals surface area contributed by atoms with E-state index in [0.29, 0.717) is 31.5 Å². The summed E-state index contributed by atoms with van der Waals surface area (Å²) in [6.07, 6.45) is 3.13. The number of fused-ring (bicyclic) bond motifs is 2. The Labute approximate surface area is 154 Å². The van der Waals surface area contributed by atoms with Gasteiger partial charge in [0.25, 0.3) is 0 Å². The summed E-state index contributed by atoms with van der Waals surface area (Å²) in [5.41, 5.74) is 0.292. The van der Waals surface area contributed by atoms with Gasteiger partial charge in [0, 0.05) is 23.3 Å². The first-order chi connectivity index (χ1) is 12.2. The normalized spacial score (nSPS) is 49.8. The first-order valence-electron chi connectivity index (χ1n) is 9.98. The third kappa shape index (κ3) is 1.74. The summed E-state index contributed by atoms with van der Waals surface area (Å²) >= 11 is 0. The van der Waals surface area contributed by atoms with E-state index in [0.717, 1.165) is 30.4 Å². The minimum atomic E-state index is -0.881. The summed E-state index contributed by atoms with van der Waals surface area (Å²) in [5.74, 6) is 0.912. The lowest BCUT2D eigenvalue weighted by Gasteiger charge is -2.55. The predicted octanol–water partition coefficient (Wildman–Crippen LogP) is 2.82. The second kappa shape index (κ2) is 4.99. The fraction of sp³-hybridized carbons (Fsp3) is 0.810. The zero-order chi connectivity index (χ0) is 18.5. The Bertz CT molecular complexity index is 739. The molecule has 2 saturated heterocycles. The summed E-state index contributed by atoms with van der Waals surface area (Å²) in [4.78, 5) is 25.4. The van der Waals surface area contributed by atoms with Crippen LogP contribution in [-0.4, -0.2) is 42.3 Å². The number of hydrogen-bond donors (Lipinski definition) is 0. The number of carbonyl (C=O) groups is 2. The number of cyclic esters (lactones) is 1. The molecular weight excluding hydrogens is 332 g/mol. The third-order valence-electron chi connectivity index (χ3n) is 8.34. The number of carbonyl (C=O) groups excluding carboxylic acids is 2. The van der Waals surface area contributed by atoms with Crippen molar-refractivity contribution in [2.24, 2.45) is 23.2 Å². The van der Waals surface area contributed by atoms with Crippen LogP contribution in [0.1, 0.15) is 53.4 Å². The molecule has 6 atom stereocenters. The summed E-state index contributed by atoms with van der Waals surface area (Å²) in [6.45, 7) is 9.44. The highest BCUT2D eigenvalue weighted by molar-refractivity contribution is 5.93. The number of ketones is 1. The van der Waals surface area contributed by atoms with Crippen LogP contribution in [0.4, 0.5) is 0 Å². The maximum Gasteiger partial charge on any atom is 0.334 e. The molecule has 3 heterocycles. The Morgan fingerprint density at radius 1 is 1.19 bits per heavy atom. The van der Waals surface area contributed by atoms with E-state index in [1.54, 1.807) is 0 Å². The van der Waals surface area contributed by atoms with Gasteiger partial charge in [0.15, 0.2) is 11.4 Å². The van der Waals surface area contributed by atoms with Crippen LogP contribution >= 0.6 is 0 Å². The standard InChI is InChI=1S/C21H28O5/c1-11(2)12-7-16(22)20(4)21(17(8-12)26-21)19(3)6-5-13-14(9-24-18(13)23)15(19)10-25-20/h11-12,15,17H,5-10H2,1-4H3/t12?,15?,17-,19-,20+,21+/m0/s1. The monoisotopic (exact) mass is 360 g/mol. The first-order valence-corrected chi connectivity index (χ1v) is 9.98. The minimum absolute atomic E-state index is 0.0688. The van der Waals surface area contributed by atoms with Crippen molar-refractivity contribution in [3.05, 3.63) is 11.1 Å². The zero-order valence-electron chi connectivity index (χ0n) is 16.1. The average molecular weight is 360 g/mol. The number of epoxide rings is 1. The van der Waals surface area contributed by atoms with Crippen molar-refractivity contribution in [1.82, 2.24) is 0 Å². The average Bonchev–Trinajstić information content (AvgIpc) is 3.22. The summed E-state index contributed by atoms with van der Waals surface area (Å²) in [6, 6.07) is 0. The molecule has 0 radical (unpaired) electrons. The Morgan fingerprint density at radius 3 is 2.69 bits per heavy atom. The van der Waals surface area contributed by atoms with Crippen LogP contribution in [-0.2, 0) is 23.8 Å². The van der Waals surface area contributed by atoms with E-state index in [4.69, 9.17) is 14.2 Å². The predicted molar refractivity (Wildman–Crippen MR) is 93.3 cm³/mol. The molecule has 0 aromatic rings. The molecule has 0 aromatic heterocycles. The highest BCUT2D eigenvalue weighted by atomic mass is 16.7. The largest absolute Gasteiger partial charge is 0.458 e. The van der Waals surface area contributed by atoms with Gasteiger partial charge in [0.05, 0.1) is 12.7 Å². The van der Waals surface area contributed by atoms with Gasteiger partial charge in [-0.15, -0.1) is 0 Å². The Hall–Kier alpha value is -1.20. The maximum absolute atomic E-state index is 13.3. The quantitative estimate of drug-likeness (QED) is 0.531. The van der Waals surface area contributed by atoms with E-state index in [-0.39, 0.29) is 29.2 Å². The summed E-state index contributed by atoms with van der Waals surface area (Å²) in [5, 5.41) is 0. The van der Waals surface area contributed by atoms with Crippen molar-refractivity contribution in [3.63, 3.8) is 0 Å². The van der Waals surface area contributed by atoms with Crippen molar-refractivity contribution in [1.29, 1.82) is 0 Å². The van der Waals surface area contributed by atoms with Gasteiger partial charge in [-0.2, -0.15) is 0 Å². The zero-order valence-corrected chi connectivity index (χ0v) is 16.1. The number of esters is 1. The minimum Gasteiger partial charge on any atom is -0.458 e. The summed E-state index contributed by atoms with van der Waals surface area (Å²) < 4.78 is 18.1. The van der Waals surface area contributed by atoms with E-state index in [1.165, 1.54) is 0 Å². The number of Topliss-reactive ketones (excluding diaryl/α,β-unsaturated/α-hetero) is 1. The molecule has 3 fully saturated rings. The SMILES string of the molecule is CC(C)C1CC(=O)[C@@]2(C)OCC3C4=C(CC[C@]3(C)[C@@]23O[C@H]3C1)C(=O)OC4. The lowest BCUT2D eigenvalue weighted by atomic mass is 9.52. The fourth-order valence-corrected chi connectivity index (χ4v) is 6.51. The molecule has 1 spiro atoms. The number of ether oxygens (including phenoxy) is 3. The van der Waals surface area contributed by atoms with Crippen LogP contribution in [0.2, 0.25) is 0 Å². The molecule has 142 valence electrons. The molecule has 5 heteroatoms. The molecule has 5 rings (SSSR count). The molecule has 0 bridgehead atoms. The van der Waals surface area contributed by atoms with Gasteiger partial charge in [0.1, 0.15) is 12.2 Å². The molecule has 3 aliphatic heterocycles. The van der Waals surface area contributed by atoms with Crippen molar-refractivity contribution < 1.29 is 23.8 Å². The lowest BCUT2D eigenvalue weighted by Crippen LogP contribution is -2.67. The van der Waals surface area contributed by atoms with E-state index in [1.807, 2.05) is 6.92 Å². The Balaban J connectivity index is 1.60. The molecule has 5 aliphatic rings. The van der Waals surface area contributed by atoms with E-state index in [9.17, 15) is 9.59 Å². The van der Waals surface area contributed by atoms with Gasteiger partial charge in [-0.1, -0.05) is 20.8 Å². The van der Waals surface area contributed by atoms with Crippen LogP contribution in [0.25, 0.3) is 0 Å². The molecule has 26 heavy (non-hydrogen) atoms. The highest BCUT2D eigenvalue weighted by Gasteiger charge is 2.82. The first kappa shape index (κ1) is 16.9. The number of rotatable bonds is 1. The van der Waals surface area contributed by atoms with Crippen LogP contribution in [0.5, 0.6) is 0 Å². The van der Waals surface area contributed by atoms with Gasteiger partial charge in [0.2, 0.25) is 0 Å². The van der Waals surface area contributed by atoms with Gasteiger partial charge in [-0.05, 0) is 43.6 Å². The van der Waals surface area contributed by atoms with E-state index in [2.05, 4.69) is 20.8 Å². The van der Waals surface area contributed by atoms with Gasteiger partial charge in [-0.3, -0.25) is 4.79 Å². The molecule has 1 saturated carbocycles. The van der Waals surface area contributed by atoms with Crippen LogP contribution in [0.3, 0.4) is 0 Å². The highest BCUT2D eigenvalue weighted by Crippen LogP contribution is 2.70. The maximum atomic E-state index is 13.3. The van der Waals surface area contributed by atoms with Crippen LogP contribution in [0, 0.1) is 23.2 Å². The lowest BCUT2D eigenvalue weighted by molar-refractivity contribution is -0.202. The van der Waals surface area contributed by atoms with Crippen LogP contribution < -0.4 is 0 Å². The van der Waals surface area contributed by atoms with Gasteiger partial charge in [-0.25, -0.2) is 4.79 Å². The van der Waals surface area contributed by atoms with Crippen molar-refractivity contribution >= 4 is 11.8 Å². The Morgan fingerprint density at radius 2 is 1.96 bits per heavy atom.